The zero-order valence-corrected chi connectivity index (χ0v) is 9.11. The Hall–Kier alpha value is -1.14. The Bertz CT molecular complexity index is 251. The van der Waals surface area contributed by atoms with Gasteiger partial charge in [0, 0.05) is 19.6 Å². The molecule has 0 aliphatic carbocycles. The number of aliphatic carboxylic acids is 1. The summed E-state index contributed by atoms with van der Waals surface area (Å²) in [4.78, 5) is 22.5. The number of hydrogen-bond donors (Lipinski definition) is 4. The largest absolute Gasteiger partial charge is 0.480 e. The van der Waals surface area contributed by atoms with Gasteiger partial charge in [-0.1, -0.05) is 0 Å². The molecule has 2 atom stereocenters. The van der Waals surface area contributed by atoms with Crippen LogP contribution in [0.2, 0.25) is 0 Å². The normalized spacial score (nSPS) is 22.4. The Morgan fingerprint density at radius 2 is 2.25 bits per heavy atom. The quantitative estimate of drug-likeness (QED) is 0.482. The van der Waals surface area contributed by atoms with Crippen molar-refractivity contribution in [1.29, 1.82) is 0 Å². The van der Waals surface area contributed by atoms with Gasteiger partial charge in [0.2, 0.25) is 5.91 Å². The summed E-state index contributed by atoms with van der Waals surface area (Å²) in [5, 5.41) is 23.0. The summed E-state index contributed by atoms with van der Waals surface area (Å²) in [6.45, 7) is 1.25. The van der Waals surface area contributed by atoms with Gasteiger partial charge in [-0.05, 0) is 19.4 Å². The molecule has 1 saturated heterocycles. The number of carboxylic acids is 1. The molecule has 0 aromatic rings. The van der Waals surface area contributed by atoms with Crippen LogP contribution in [0.1, 0.15) is 19.3 Å². The van der Waals surface area contributed by atoms with Crippen LogP contribution in [0.4, 0.5) is 0 Å². The summed E-state index contributed by atoms with van der Waals surface area (Å²) in [6.07, 6.45) is 1.75. The van der Waals surface area contributed by atoms with E-state index in [4.69, 9.17) is 10.2 Å². The number of amides is 1. The number of hydrogen-bond acceptors (Lipinski definition) is 4. The van der Waals surface area contributed by atoms with Gasteiger partial charge in [-0.15, -0.1) is 0 Å². The van der Waals surface area contributed by atoms with Crippen molar-refractivity contribution >= 4 is 11.9 Å². The number of carbonyl (C=O) groups is 2. The average Bonchev–Trinajstić information content (AvgIpc) is 2.29. The Labute approximate surface area is 94.0 Å². The molecule has 0 spiro atoms. The van der Waals surface area contributed by atoms with Crippen molar-refractivity contribution in [3.63, 3.8) is 0 Å². The van der Waals surface area contributed by atoms with Crippen molar-refractivity contribution in [1.82, 2.24) is 10.6 Å². The van der Waals surface area contributed by atoms with E-state index in [-0.39, 0.29) is 24.9 Å². The minimum Gasteiger partial charge on any atom is -0.480 e. The van der Waals surface area contributed by atoms with Gasteiger partial charge in [0.25, 0.3) is 0 Å². The molecule has 92 valence electrons. The first-order chi connectivity index (χ1) is 7.65. The third-order valence-corrected chi connectivity index (χ3v) is 2.70. The fourth-order valence-corrected chi connectivity index (χ4v) is 1.75. The van der Waals surface area contributed by atoms with Gasteiger partial charge >= 0.3 is 5.97 Å². The van der Waals surface area contributed by atoms with Crippen molar-refractivity contribution in [2.75, 3.05) is 19.7 Å². The number of nitrogens with one attached hydrogen (secondary N) is 2. The summed E-state index contributed by atoms with van der Waals surface area (Å²) in [5.41, 5.74) is 0. The van der Waals surface area contributed by atoms with Gasteiger partial charge in [-0.3, -0.25) is 4.79 Å². The van der Waals surface area contributed by atoms with E-state index >= 15 is 0 Å². The van der Waals surface area contributed by atoms with Crippen LogP contribution in [0.15, 0.2) is 0 Å². The van der Waals surface area contributed by atoms with Crippen molar-refractivity contribution in [3.8, 4) is 0 Å². The van der Waals surface area contributed by atoms with Crippen molar-refractivity contribution < 1.29 is 19.8 Å². The molecule has 0 radical (unpaired) electrons. The fourth-order valence-electron chi connectivity index (χ4n) is 1.75. The van der Waals surface area contributed by atoms with E-state index < -0.39 is 12.0 Å². The minimum atomic E-state index is -1.11. The summed E-state index contributed by atoms with van der Waals surface area (Å²) in [6, 6.07) is -0.987. The lowest BCUT2D eigenvalue weighted by Crippen LogP contribution is -2.47. The number of aliphatic hydroxyl groups excluding tert-OH is 1. The molecule has 0 saturated carbocycles. The van der Waals surface area contributed by atoms with E-state index in [2.05, 4.69) is 10.6 Å². The first-order valence-corrected chi connectivity index (χ1v) is 5.50. The Balaban J connectivity index is 2.43. The van der Waals surface area contributed by atoms with Crippen molar-refractivity contribution in [2.24, 2.45) is 5.92 Å². The molecule has 0 bridgehead atoms. The standard InChI is InChI=1S/C10H18N2O4/c13-5-3-8(10(15)16)12-9(14)7-2-1-4-11-6-7/h7-8,11,13H,1-6H2,(H,12,14)(H,15,16)/t7?,8-/m0/s1. The van der Waals surface area contributed by atoms with Crippen LogP contribution >= 0.6 is 0 Å². The molecule has 16 heavy (non-hydrogen) atoms. The van der Waals surface area contributed by atoms with Crippen LogP contribution in [0.25, 0.3) is 0 Å². The van der Waals surface area contributed by atoms with E-state index in [9.17, 15) is 9.59 Å². The molecule has 1 heterocycles. The maximum atomic E-state index is 11.7. The molecule has 1 aliphatic heterocycles. The Morgan fingerprint density at radius 3 is 2.75 bits per heavy atom. The number of carboxylic acid groups (broad SMARTS) is 1. The van der Waals surface area contributed by atoms with Crippen LogP contribution < -0.4 is 10.6 Å². The lowest BCUT2D eigenvalue weighted by molar-refractivity contribution is -0.143. The summed E-state index contributed by atoms with van der Waals surface area (Å²) in [7, 11) is 0. The van der Waals surface area contributed by atoms with E-state index in [1.807, 2.05) is 0 Å². The first-order valence-electron chi connectivity index (χ1n) is 5.50. The van der Waals surface area contributed by atoms with Crippen molar-refractivity contribution in [3.05, 3.63) is 0 Å². The second kappa shape index (κ2) is 6.44. The SMILES string of the molecule is O=C(N[C@@H](CCO)C(=O)O)C1CCCNC1. The molecule has 1 unspecified atom stereocenters. The third kappa shape index (κ3) is 3.79. The highest BCUT2D eigenvalue weighted by Gasteiger charge is 2.25. The smallest absolute Gasteiger partial charge is 0.326 e. The first kappa shape index (κ1) is 12.9. The molecule has 1 aliphatic rings. The second-order valence-electron chi connectivity index (χ2n) is 3.95. The zero-order valence-electron chi connectivity index (χ0n) is 9.11. The van der Waals surface area contributed by atoms with Gasteiger partial charge in [0.15, 0.2) is 0 Å². The third-order valence-electron chi connectivity index (χ3n) is 2.70. The zero-order chi connectivity index (χ0) is 12.0. The van der Waals surface area contributed by atoms with Crippen molar-refractivity contribution in [2.45, 2.75) is 25.3 Å². The van der Waals surface area contributed by atoms with Crippen LogP contribution in [0, 0.1) is 5.92 Å². The Kier molecular flexibility index (Phi) is 5.21. The predicted molar refractivity (Wildman–Crippen MR) is 56.9 cm³/mol. The number of piperidine rings is 1. The summed E-state index contributed by atoms with van der Waals surface area (Å²) in [5.74, 6) is -1.51. The fraction of sp³-hybridized carbons (Fsp3) is 0.800. The topological polar surface area (TPSA) is 98.7 Å². The Morgan fingerprint density at radius 1 is 1.50 bits per heavy atom. The van der Waals surface area contributed by atoms with Crippen LogP contribution in [0.3, 0.4) is 0 Å². The maximum Gasteiger partial charge on any atom is 0.326 e. The van der Waals surface area contributed by atoms with Gasteiger partial charge in [0.05, 0.1) is 5.92 Å². The van der Waals surface area contributed by atoms with E-state index in [1.165, 1.54) is 0 Å². The molecular formula is C10H18N2O4. The van der Waals surface area contributed by atoms with E-state index in [1.54, 1.807) is 0 Å². The van der Waals surface area contributed by atoms with E-state index in [0.29, 0.717) is 6.54 Å². The van der Waals surface area contributed by atoms with Gasteiger partial charge in [-0.25, -0.2) is 4.79 Å². The molecule has 1 fully saturated rings. The molecule has 0 aromatic carbocycles. The van der Waals surface area contributed by atoms with Gasteiger partial charge in [-0.2, -0.15) is 0 Å². The lowest BCUT2D eigenvalue weighted by atomic mass is 9.98. The van der Waals surface area contributed by atoms with Crippen LogP contribution in [-0.4, -0.2) is 47.8 Å². The minimum absolute atomic E-state index is 0.0429. The second-order valence-corrected chi connectivity index (χ2v) is 3.95. The molecule has 4 N–H and O–H groups in total. The van der Waals surface area contributed by atoms with Crippen LogP contribution in [-0.2, 0) is 9.59 Å². The van der Waals surface area contributed by atoms with Gasteiger partial charge in [0.1, 0.15) is 6.04 Å². The molecule has 6 heteroatoms. The molecule has 0 aromatic heterocycles. The highest BCUT2D eigenvalue weighted by molar-refractivity contribution is 5.85. The highest BCUT2D eigenvalue weighted by Crippen LogP contribution is 2.10. The monoisotopic (exact) mass is 230 g/mol. The molecular weight excluding hydrogens is 212 g/mol. The average molecular weight is 230 g/mol. The number of rotatable bonds is 5. The number of aliphatic hydroxyl groups is 1. The lowest BCUT2D eigenvalue weighted by Gasteiger charge is -2.23. The maximum absolute atomic E-state index is 11.7. The molecule has 6 nitrogen and oxygen atoms in total. The predicted octanol–water partition coefficient (Wildman–Crippen LogP) is -1.06. The summed E-state index contributed by atoms with van der Waals surface area (Å²) < 4.78 is 0. The van der Waals surface area contributed by atoms with Crippen LogP contribution in [0.5, 0.6) is 0 Å². The van der Waals surface area contributed by atoms with Gasteiger partial charge < -0.3 is 20.8 Å². The molecule has 1 rings (SSSR count). The summed E-state index contributed by atoms with van der Waals surface area (Å²) >= 11 is 0. The van der Waals surface area contributed by atoms with E-state index in [0.717, 1.165) is 19.4 Å². The number of carbonyl (C=O) groups excluding carboxylic acids is 1. The molecule has 1 amide bonds. The highest BCUT2D eigenvalue weighted by atomic mass is 16.4.